The molecular formula is C17H19NO4. The summed E-state index contributed by atoms with van der Waals surface area (Å²) in [5, 5.41) is 10.1. The number of likely N-dealkylation sites (tertiary alicyclic amines) is 1. The number of carboxylic acid groups (broad SMARTS) is 1. The zero-order valence-electron chi connectivity index (χ0n) is 12.5. The van der Waals surface area contributed by atoms with E-state index in [9.17, 15) is 9.59 Å². The van der Waals surface area contributed by atoms with E-state index in [1.54, 1.807) is 4.90 Å². The standard InChI is InChI=1S/C17H19NO4/c1-11(15-9-12-5-2-3-7-14(12)22-15)16(19)18-8-4-6-13(10-18)17(20)21/h2-3,5,7,9,11,13H,4,6,8,10H2,1H3,(H,20,21)/t11-,13-/m1/s1. The quantitative estimate of drug-likeness (QED) is 0.946. The molecule has 0 spiro atoms. The van der Waals surface area contributed by atoms with Gasteiger partial charge in [-0.25, -0.2) is 0 Å². The molecule has 2 aromatic rings. The molecule has 1 aromatic carbocycles. The summed E-state index contributed by atoms with van der Waals surface area (Å²) in [6, 6.07) is 9.52. The number of benzene rings is 1. The van der Waals surface area contributed by atoms with Crippen LogP contribution in [0.15, 0.2) is 34.7 Å². The van der Waals surface area contributed by atoms with Crippen LogP contribution in [-0.2, 0) is 9.59 Å². The van der Waals surface area contributed by atoms with Crippen molar-refractivity contribution in [3.05, 3.63) is 36.1 Å². The number of fused-ring (bicyclic) bond motifs is 1. The zero-order chi connectivity index (χ0) is 15.7. The molecule has 116 valence electrons. The first-order chi connectivity index (χ1) is 10.6. The zero-order valence-corrected chi connectivity index (χ0v) is 12.5. The minimum atomic E-state index is -0.825. The predicted octanol–water partition coefficient (Wildman–Crippen LogP) is 2.86. The first kappa shape index (κ1) is 14.6. The van der Waals surface area contributed by atoms with Crippen LogP contribution in [0.5, 0.6) is 0 Å². The Hall–Kier alpha value is -2.30. The second-order valence-corrected chi connectivity index (χ2v) is 5.87. The highest BCUT2D eigenvalue weighted by atomic mass is 16.4. The van der Waals surface area contributed by atoms with Gasteiger partial charge in [-0.2, -0.15) is 0 Å². The van der Waals surface area contributed by atoms with Gasteiger partial charge < -0.3 is 14.4 Å². The van der Waals surface area contributed by atoms with Gasteiger partial charge in [0.15, 0.2) is 0 Å². The number of piperidine rings is 1. The normalized spacial score (nSPS) is 20.0. The lowest BCUT2D eigenvalue weighted by Gasteiger charge is -2.32. The van der Waals surface area contributed by atoms with Crippen LogP contribution in [0.25, 0.3) is 11.0 Å². The van der Waals surface area contributed by atoms with E-state index in [0.29, 0.717) is 25.3 Å². The van der Waals surface area contributed by atoms with Gasteiger partial charge in [0.1, 0.15) is 11.3 Å². The fraction of sp³-hybridized carbons (Fsp3) is 0.412. The molecule has 1 aromatic heterocycles. The van der Waals surface area contributed by atoms with Crippen molar-refractivity contribution in [3.8, 4) is 0 Å². The maximum absolute atomic E-state index is 12.6. The van der Waals surface area contributed by atoms with Gasteiger partial charge in [-0.05, 0) is 31.9 Å². The summed E-state index contributed by atoms with van der Waals surface area (Å²) in [4.78, 5) is 25.4. The summed E-state index contributed by atoms with van der Waals surface area (Å²) in [5.41, 5.74) is 0.763. The molecule has 1 aliphatic heterocycles. The van der Waals surface area contributed by atoms with Crippen LogP contribution in [0.4, 0.5) is 0 Å². The third-order valence-corrected chi connectivity index (χ3v) is 4.32. The third-order valence-electron chi connectivity index (χ3n) is 4.32. The van der Waals surface area contributed by atoms with Crippen molar-refractivity contribution in [3.63, 3.8) is 0 Å². The Morgan fingerprint density at radius 2 is 2.14 bits per heavy atom. The maximum atomic E-state index is 12.6. The van der Waals surface area contributed by atoms with Crippen LogP contribution in [-0.4, -0.2) is 35.0 Å². The molecule has 2 heterocycles. The molecule has 1 saturated heterocycles. The summed E-state index contributed by atoms with van der Waals surface area (Å²) < 4.78 is 5.75. The highest BCUT2D eigenvalue weighted by Crippen LogP contribution is 2.28. The van der Waals surface area contributed by atoms with Gasteiger partial charge in [0, 0.05) is 18.5 Å². The number of rotatable bonds is 3. The Morgan fingerprint density at radius 1 is 1.36 bits per heavy atom. The molecule has 22 heavy (non-hydrogen) atoms. The van der Waals surface area contributed by atoms with Gasteiger partial charge in [-0.15, -0.1) is 0 Å². The number of amides is 1. The minimum absolute atomic E-state index is 0.0648. The van der Waals surface area contributed by atoms with Crippen LogP contribution in [0.3, 0.4) is 0 Å². The van der Waals surface area contributed by atoms with E-state index in [-0.39, 0.29) is 5.91 Å². The van der Waals surface area contributed by atoms with Gasteiger partial charge in [-0.1, -0.05) is 18.2 Å². The van der Waals surface area contributed by atoms with Crippen molar-refractivity contribution in [2.24, 2.45) is 5.92 Å². The molecular weight excluding hydrogens is 282 g/mol. The van der Waals surface area contributed by atoms with Crippen LogP contribution < -0.4 is 0 Å². The first-order valence-corrected chi connectivity index (χ1v) is 7.56. The smallest absolute Gasteiger partial charge is 0.308 e. The lowest BCUT2D eigenvalue weighted by atomic mass is 9.96. The number of hydrogen-bond donors (Lipinski definition) is 1. The van der Waals surface area contributed by atoms with Crippen molar-refractivity contribution in [2.45, 2.75) is 25.7 Å². The number of carboxylic acids is 1. The molecule has 0 unspecified atom stereocenters. The van der Waals surface area contributed by atoms with E-state index in [1.807, 2.05) is 37.3 Å². The number of carbonyl (C=O) groups is 2. The highest BCUT2D eigenvalue weighted by molar-refractivity contribution is 5.86. The van der Waals surface area contributed by atoms with Crippen molar-refractivity contribution in [1.29, 1.82) is 0 Å². The Bertz CT molecular complexity index is 673. The van der Waals surface area contributed by atoms with Crippen LogP contribution in [0.2, 0.25) is 0 Å². The van der Waals surface area contributed by atoms with E-state index in [2.05, 4.69) is 0 Å². The molecule has 0 bridgehead atoms. The first-order valence-electron chi connectivity index (χ1n) is 7.56. The fourth-order valence-electron chi connectivity index (χ4n) is 2.99. The number of nitrogens with zero attached hydrogens (tertiary/aromatic N) is 1. The summed E-state index contributed by atoms with van der Waals surface area (Å²) in [5.74, 6) is -1.12. The SMILES string of the molecule is C[C@@H](C(=O)N1CCC[C@@H](C(=O)O)C1)c1cc2ccccc2o1. The van der Waals surface area contributed by atoms with E-state index >= 15 is 0 Å². The van der Waals surface area contributed by atoms with E-state index in [1.165, 1.54) is 0 Å². The van der Waals surface area contributed by atoms with Gasteiger partial charge in [0.05, 0.1) is 11.8 Å². The topological polar surface area (TPSA) is 70.8 Å². The number of carbonyl (C=O) groups excluding carboxylic acids is 1. The Labute approximate surface area is 128 Å². The van der Waals surface area contributed by atoms with Crippen molar-refractivity contribution < 1.29 is 19.1 Å². The number of aliphatic carboxylic acids is 1. The third kappa shape index (κ3) is 2.71. The van der Waals surface area contributed by atoms with Gasteiger partial charge in [-0.3, -0.25) is 9.59 Å². The molecule has 0 aliphatic carbocycles. The van der Waals surface area contributed by atoms with Gasteiger partial charge in [0.2, 0.25) is 5.91 Å². The number of hydrogen-bond acceptors (Lipinski definition) is 3. The molecule has 1 N–H and O–H groups in total. The molecule has 1 amide bonds. The van der Waals surface area contributed by atoms with Crippen LogP contribution in [0, 0.1) is 5.92 Å². The molecule has 1 fully saturated rings. The predicted molar refractivity (Wildman–Crippen MR) is 81.6 cm³/mol. The summed E-state index contributed by atoms with van der Waals surface area (Å²) in [6.45, 7) is 2.72. The average molecular weight is 301 g/mol. The summed E-state index contributed by atoms with van der Waals surface area (Å²) in [7, 11) is 0. The van der Waals surface area contributed by atoms with Crippen LogP contribution >= 0.6 is 0 Å². The van der Waals surface area contributed by atoms with Crippen LogP contribution in [0.1, 0.15) is 31.4 Å². The lowest BCUT2D eigenvalue weighted by molar-refractivity contribution is -0.146. The van der Waals surface area contributed by atoms with Gasteiger partial charge in [0.25, 0.3) is 0 Å². The average Bonchev–Trinajstić information content (AvgIpc) is 2.97. The molecule has 0 saturated carbocycles. The van der Waals surface area contributed by atoms with Gasteiger partial charge >= 0.3 is 5.97 Å². The van der Waals surface area contributed by atoms with Crippen molar-refractivity contribution in [2.75, 3.05) is 13.1 Å². The summed E-state index contributed by atoms with van der Waals surface area (Å²) >= 11 is 0. The molecule has 5 nitrogen and oxygen atoms in total. The monoisotopic (exact) mass is 301 g/mol. The Balaban J connectivity index is 1.77. The number of para-hydroxylation sites is 1. The largest absolute Gasteiger partial charge is 0.481 e. The molecule has 0 radical (unpaired) electrons. The van der Waals surface area contributed by atoms with E-state index < -0.39 is 17.8 Å². The number of furan rings is 1. The lowest BCUT2D eigenvalue weighted by Crippen LogP contribution is -2.43. The van der Waals surface area contributed by atoms with Crippen molar-refractivity contribution in [1.82, 2.24) is 4.90 Å². The maximum Gasteiger partial charge on any atom is 0.308 e. The second kappa shape index (κ2) is 5.83. The minimum Gasteiger partial charge on any atom is -0.481 e. The molecule has 5 heteroatoms. The van der Waals surface area contributed by atoms with Crippen molar-refractivity contribution >= 4 is 22.8 Å². The molecule has 3 rings (SSSR count). The van der Waals surface area contributed by atoms with E-state index in [4.69, 9.17) is 9.52 Å². The Kier molecular flexibility index (Phi) is 3.88. The molecule has 1 aliphatic rings. The molecule has 2 atom stereocenters. The second-order valence-electron chi connectivity index (χ2n) is 5.87. The fourth-order valence-corrected chi connectivity index (χ4v) is 2.99. The highest BCUT2D eigenvalue weighted by Gasteiger charge is 2.31. The Morgan fingerprint density at radius 3 is 2.86 bits per heavy atom. The van der Waals surface area contributed by atoms with E-state index in [0.717, 1.165) is 17.4 Å². The summed E-state index contributed by atoms with van der Waals surface area (Å²) in [6.07, 6.45) is 1.37.